The third-order valence-corrected chi connectivity index (χ3v) is 3.55. The van der Waals surface area contributed by atoms with Gasteiger partial charge in [0.1, 0.15) is 5.01 Å². The van der Waals surface area contributed by atoms with Gasteiger partial charge in [0.15, 0.2) is 0 Å². The lowest BCUT2D eigenvalue weighted by Crippen LogP contribution is -2.29. The molecule has 1 rings (SSSR count). The van der Waals surface area contributed by atoms with Gasteiger partial charge >= 0.3 is 12.1 Å². The summed E-state index contributed by atoms with van der Waals surface area (Å²) in [6, 6.07) is -0.452. The highest BCUT2D eigenvalue weighted by Crippen LogP contribution is 2.21. The standard InChI is InChI=1S/C12H20N4O3S/c1-7-19-11(18)16-10(13-9(17)15(5)6)20-8(14-16)12(2,3)4/h7H2,1-6H3. The Morgan fingerprint density at radius 1 is 1.40 bits per heavy atom. The summed E-state index contributed by atoms with van der Waals surface area (Å²) in [6.07, 6.45) is -0.635. The summed E-state index contributed by atoms with van der Waals surface area (Å²) < 4.78 is 5.96. The van der Waals surface area contributed by atoms with E-state index in [2.05, 4.69) is 10.1 Å². The number of rotatable bonds is 1. The molecule has 0 saturated carbocycles. The van der Waals surface area contributed by atoms with Crippen LogP contribution in [-0.4, -0.2) is 47.5 Å². The number of hydrogen-bond donors (Lipinski definition) is 0. The summed E-state index contributed by atoms with van der Waals surface area (Å²) in [7, 11) is 3.18. The van der Waals surface area contributed by atoms with Gasteiger partial charge in [-0.1, -0.05) is 32.1 Å². The molecule has 0 N–H and O–H groups in total. The van der Waals surface area contributed by atoms with E-state index >= 15 is 0 Å². The van der Waals surface area contributed by atoms with E-state index in [4.69, 9.17) is 4.74 Å². The molecule has 20 heavy (non-hydrogen) atoms. The third kappa shape index (κ3) is 3.89. The van der Waals surface area contributed by atoms with Crippen molar-refractivity contribution in [3.63, 3.8) is 0 Å². The van der Waals surface area contributed by atoms with Crippen LogP contribution in [-0.2, 0) is 10.2 Å². The second-order valence-electron chi connectivity index (χ2n) is 5.34. The highest BCUT2D eigenvalue weighted by Gasteiger charge is 2.23. The van der Waals surface area contributed by atoms with Gasteiger partial charge in [0.05, 0.1) is 6.61 Å². The molecule has 0 bridgehead atoms. The predicted molar refractivity (Wildman–Crippen MR) is 75.9 cm³/mol. The summed E-state index contributed by atoms with van der Waals surface area (Å²) in [4.78, 5) is 29.0. The second kappa shape index (κ2) is 6.17. The molecule has 112 valence electrons. The number of ether oxygens (including phenoxy) is 1. The predicted octanol–water partition coefficient (Wildman–Crippen LogP) is 1.83. The highest BCUT2D eigenvalue weighted by molar-refractivity contribution is 7.09. The number of aromatic nitrogens is 2. The van der Waals surface area contributed by atoms with Crippen LogP contribution in [0.2, 0.25) is 0 Å². The molecular weight excluding hydrogens is 280 g/mol. The van der Waals surface area contributed by atoms with Crippen molar-refractivity contribution in [2.45, 2.75) is 33.1 Å². The topological polar surface area (TPSA) is 76.8 Å². The van der Waals surface area contributed by atoms with Crippen molar-refractivity contribution in [1.29, 1.82) is 0 Å². The van der Waals surface area contributed by atoms with Crippen molar-refractivity contribution in [2.24, 2.45) is 4.99 Å². The Morgan fingerprint density at radius 3 is 2.45 bits per heavy atom. The summed E-state index contributed by atoms with van der Waals surface area (Å²) in [5, 5.41) is 4.91. The molecule has 1 aromatic heterocycles. The maximum absolute atomic E-state index is 11.9. The zero-order valence-electron chi connectivity index (χ0n) is 12.6. The van der Waals surface area contributed by atoms with Crippen LogP contribution in [0.5, 0.6) is 0 Å². The van der Waals surface area contributed by atoms with E-state index in [9.17, 15) is 9.59 Å². The molecule has 1 heterocycles. The van der Waals surface area contributed by atoms with Crippen molar-refractivity contribution >= 4 is 23.5 Å². The first-order valence-electron chi connectivity index (χ1n) is 6.20. The zero-order valence-corrected chi connectivity index (χ0v) is 13.4. The third-order valence-electron chi connectivity index (χ3n) is 2.22. The molecule has 0 atom stereocenters. The molecule has 0 radical (unpaired) electrons. The van der Waals surface area contributed by atoms with Crippen LogP contribution in [0.1, 0.15) is 32.7 Å². The smallest absolute Gasteiger partial charge is 0.437 e. The Kier molecular flexibility index (Phi) is 5.04. The molecular formula is C12H20N4O3S. The first kappa shape index (κ1) is 16.4. The van der Waals surface area contributed by atoms with Gasteiger partial charge in [-0.15, -0.1) is 4.68 Å². The van der Waals surface area contributed by atoms with Gasteiger partial charge < -0.3 is 9.64 Å². The molecule has 1 aromatic rings. The van der Waals surface area contributed by atoms with Crippen LogP contribution in [0.15, 0.2) is 4.99 Å². The Labute approximate surface area is 121 Å². The number of nitrogens with zero attached hydrogens (tertiary/aromatic N) is 4. The van der Waals surface area contributed by atoms with E-state index in [1.807, 2.05) is 20.8 Å². The molecule has 0 spiro atoms. The fraction of sp³-hybridized carbons (Fsp3) is 0.667. The van der Waals surface area contributed by atoms with Crippen LogP contribution < -0.4 is 4.80 Å². The van der Waals surface area contributed by atoms with Gasteiger partial charge in [0, 0.05) is 19.5 Å². The zero-order chi connectivity index (χ0) is 15.5. The van der Waals surface area contributed by atoms with Crippen LogP contribution in [0.4, 0.5) is 9.59 Å². The molecule has 0 fully saturated rings. The Bertz CT molecular complexity index is 566. The monoisotopic (exact) mass is 300 g/mol. The Hall–Kier alpha value is -1.70. The summed E-state index contributed by atoms with van der Waals surface area (Å²) in [5.74, 6) is 0. The molecule has 0 aliphatic carbocycles. The fourth-order valence-corrected chi connectivity index (χ4v) is 2.07. The fourth-order valence-electron chi connectivity index (χ4n) is 1.14. The minimum atomic E-state index is -0.635. The minimum absolute atomic E-state index is 0.215. The maximum atomic E-state index is 11.9. The van der Waals surface area contributed by atoms with Crippen molar-refractivity contribution in [3.05, 3.63) is 9.81 Å². The Balaban J connectivity index is 3.37. The highest BCUT2D eigenvalue weighted by atomic mass is 32.1. The van der Waals surface area contributed by atoms with Crippen LogP contribution >= 0.6 is 11.3 Å². The SMILES string of the molecule is CCOC(=O)n1nc(C(C)(C)C)sc1=NC(=O)N(C)C. The quantitative estimate of drug-likeness (QED) is 0.792. The van der Waals surface area contributed by atoms with Crippen LogP contribution in [0, 0.1) is 0 Å². The number of carbonyl (C=O) groups is 2. The van der Waals surface area contributed by atoms with Crippen molar-refractivity contribution in [2.75, 3.05) is 20.7 Å². The molecule has 7 nitrogen and oxygen atoms in total. The molecule has 0 unspecified atom stereocenters. The van der Waals surface area contributed by atoms with Gasteiger partial charge in [0.25, 0.3) is 0 Å². The Morgan fingerprint density at radius 2 is 2.00 bits per heavy atom. The van der Waals surface area contributed by atoms with E-state index < -0.39 is 12.1 Å². The average molecular weight is 300 g/mol. The van der Waals surface area contributed by atoms with Crippen LogP contribution in [0.25, 0.3) is 0 Å². The first-order valence-corrected chi connectivity index (χ1v) is 7.02. The maximum Gasteiger partial charge on any atom is 0.437 e. The van der Waals surface area contributed by atoms with E-state index in [0.29, 0.717) is 5.01 Å². The van der Waals surface area contributed by atoms with E-state index in [1.54, 1.807) is 21.0 Å². The summed E-state index contributed by atoms with van der Waals surface area (Å²) >= 11 is 1.20. The average Bonchev–Trinajstić information content (AvgIpc) is 2.72. The lowest BCUT2D eigenvalue weighted by molar-refractivity contribution is 0.149. The molecule has 0 aromatic carbocycles. The number of carbonyl (C=O) groups excluding carboxylic acids is 2. The van der Waals surface area contributed by atoms with E-state index in [-0.39, 0.29) is 16.8 Å². The van der Waals surface area contributed by atoms with Crippen molar-refractivity contribution in [3.8, 4) is 0 Å². The summed E-state index contributed by atoms with van der Waals surface area (Å²) in [6.45, 7) is 7.85. The van der Waals surface area contributed by atoms with E-state index in [1.165, 1.54) is 16.2 Å². The van der Waals surface area contributed by atoms with Gasteiger partial charge in [-0.25, -0.2) is 9.59 Å². The number of hydrogen-bond acceptors (Lipinski definition) is 5. The molecule has 0 aliphatic heterocycles. The van der Waals surface area contributed by atoms with Crippen molar-refractivity contribution < 1.29 is 14.3 Å². The van der Waals surface area contributed by atoms with Crippen LogP contribution in [0.3, 0.4) is 0 Å². The first-order chi connectivity index (χ1) is 9.16. The number of urea groups is 1. The van der Waals surface area contributed by atoms with Gasteiger partial charge in [-0.2, -0.15) is 10.1 Å². The van der Waals surface area contributed by atoms with Gasteiger partial charge in [-0.05, 0) is 6.92 Å². The molecule has 0 aliphatic rings. The largest absolute Gasteiger partial charge is 0.448 e. The number of amides is 2. The second-order valence-corrected chi connectivity index (χ2v) is 6.30. The molecule has 8 heteroatoms. The lowest BCUT2D eigenvalue weighted by atomic mass is 9.98. The van der Waals surface area contributed by atoms with Gasteiger partial charge in [0.2, 0.25) is 4.80 Å². The van der Waals surface area contributed by atoms with Crippen molar-refractivity contribution in [1.82, 2.24) is 14.7 Å². The minimum Gasteiger partial charge on any atom is -0.448 e. The molecule has 0 saturated heterocycles. The lowest BCUT2D eigenvalue weighted by Gasteiger charge is -2.12. The van der Waals surface area contributed by atoms with Gasteiger partial charge in [-0.3, -0.25) is 0 Å². The summed E-state index contributed by atoms with van der Waals surface area (Å²) in [5.41, 5.74) is -0.242. The van der Waals surface area contributed by atoms with E-state index in [0.717, 1.165) is 4.68 Å². The molecule has 2 amide bonds. The normalized spacial score (nSPS) is 12.4.